The Morgan fingerprint density at radius 2 is 2.04 bits per heavy atom. The molecule has 0 N–H and O–H groups in total. The Bertz CT molecular complexity index is 880. The first-order valence-corrected chi connectivity index (χ1v) is 8.96. The molecule has 0 saturated carbocycles. The van der Waals surface area contributed by atoms with Crippen molar-refractivity contribution < 1.29 is 4.79 Å². The summed E-state index contributed by atoms with van der Waals surface area (Å²) in [5, 5.41) is 1.15. The topological polar surface area (TPSA) is 63.4 Å². The molecule has 1 saturated heterocycles. The van der Waals surface area contributed by atoms with E-state index >= 15 is 0 Å². The van der Waals surface area contributed by atoms with Crippen molar-refractivity contribution in [2.75, 3.05) is 13.1 Å². The molecule has 3 aromatic rings. The molecule has 1 unspecified atom stereocenters. The number of hydrogen-bond acceptors (Lipinski definition) is 5. The number of thiazole rings is 1. The van der Waals surface area contributed by atoms with Crippen LogP contribution in [0.5, 0.6) is 0 Å². The number of amides is 1. The lowest BCUT2D eigenvalue weighted by atomic mass is 9.98. The van der Waals surface area contributed by atoms with Gasteiger partial charge in [0, 0.05) is 48.7 Å². The van der Waals surface area contributed by atoms with E-state index in [0.717, 1.165) is 30.1 Å². The normalized spacial score (nSPS) is 18.2. The third-order valence-electron chi connectivity index (χ3n) is 4.62. The van der Waals surface area contributed by atoms with Gasteiger partial charge in [-0.1, -0.05) is 0 Å². The summed E-state index contributed by atoms with van der Waals surface area (Å²) in [5.74, 6) is 0.279. The molecule has 0 spiro atoms. The van der Waals surface area contributed by atoms with Crippen LogP contribution in [0, 0.1) is 13.8 Å². The summed E-state index contributed by atoms with van der Waals surface area (Å²) in [4.78, 5) is 29.4. The quantitative estimate of drug-likeness (QED) is 0.719. The molecule has 6 nitrogen and oxygen atoms in total. The first-order valence-electron chi connectivity index (χ1n) is 8.14. The van der Waals surface area contributed by atoms with Gasteiger partial charge in [-0.2, -0.15) is 0 Å². The van der Waals surface area contributed by atoms with Gasteiger partial charge in [0.1, 0.15) is 0 Å². The molecule has 3 aromatic heterocycles. The van der Waals surface area contributed by atoms with Crippen LogP contribution in [0.15, 0.2) is 24.8 Å². The highest BCUT2D eigenvalue weighted by atomic mass is 32.1. The van der Waals surface area contributed by atoms with Gasteiger partial charge in [-0.05, 0) is 26.7 Å². The summed E-state index contributed by atoms with van der Waals surface area (Å²) < 4.78 is 1.83. The van der Waals surface area contributed by atoms with Crippen molar-refractivity contribution in [3.63, 3.8) is 0 Å². The van der Waals surface area contributed by atoms with Crippen LogP contribution in [0.25, 0.3) is 5.65 Å². The number of hydrogen-bond donors (Lipinski definition) is 0. The fourth-order valence-electron chi connectivity index (χ4n) is 3.19. The second-order valence-corrected chi connectivity index (χ2v) is 7.45. The van der Waals surface area contributed by atoms with E-state index in [0.29, 0.717) is 23.8 Å². The van der Waals surface area contributed by atoms with Gasteiger partial charge in [-0.3, -0.25) is 4.79 Å². The van der Waals surface area contributed by atoms with E-state index in [-0.39, 0.29) is 5.91 Å². The van der Waals surface area contributed by atoms with Crippen LogP contribution in [-0.4, -0.2) is 43.2 Å². The van der Waals surface area contributed by atoms with Gasteiger partial charge in [0.2, 0.25) is 0 Å². The summed E-state index contributed by atoms with van der Waals surface area (Å²) in [6, 6.07) is 0. The lowest BCUT2D eigenvalue weighted by Crippen LogP contribution is -2.39. The highest BCUT2D eigenvalue weighted by Gasteiger charge is 2.29. The molecule has 24 heavy (non-hydrogen) atoms. The molecule has 4 heterocycles. The minimum Gasteiger partial charge on any atom is -0.336 e. The molecule has 1 aliphatic heterocycles. The van der Waals surface area contributed by atoms with Crippen molar-refractivity contribution in [3.05, 3.63) is 46.1 Å². The Kier molecular flexibility index (Phi) is 3.80. The molecule has 0 aliphatic carbocycles. The number of aryl methyl sites for hydroxylation is 2. The first-order chi connectivity index (χ1) is 11.6. The van der Waals surface area contributed by atoms with Crippen LogP contribution in [-0.2, 0) is 0 Å². The van der Waals surface area contributed by atoms with Crippen LogP contribution < -0.4 is 0 Å². The number of carbonyl (C=O) groups excluding carboxylic acids is 1. The van der Waals surface area contributed by atoms with Gasteiger partial charge < -0.3 is 9.30 Å². The van der Waals surface area contributed by atoms with Crippen molar-refractivity contribution in [2.45, 2.75) is 32.6 Å². The van der Waals surface area contributed by atoms with E-state index < -0.39 is 0 Å². The Labute approximate surface area is 144 Å². The maximum Gasteiger partial charge on any atom is 0.276 e. The molecule has 1 fully saturated rings. The van der Waals surface area contributed by atoms with E-state index in [4.69, 9.17) is 4.98 Å². The molecule has 1 amide bonds. The first kappa shape index (κ1) is 15.3. The Hall–Kier alpha value is -2.28. The van der Waals surface area contributed by atoms with Crippen molar-refractivity contribution in [2.24, 2.45) is 0 Å². The maximum absolute atomic E-state index is 13.0. The number of rotatable bonds is 2. The Morgan fingerprint density at radius 3 is 2.79 bits per heavy atom. The number of nitrogens with zero attached hydrogens (tertiary/aromatic N) is 5. The van der Waals surface area contributed by atoms with E-state index in [9.17, 15) is 4.79 Å². The molecule has 1 aliphatic rings. The zero-order valence-electron chi connectivity index (χ0n) is 13.8. The Balaban J connectivity index is 1.59. The number of imidazole rings is 1. The summed E-state index contributed by atoms with van der Waals surface area (Å²) in [7, 11) is 0. The monoisotopic (exact) mass is 341 g/mol. The third-order valence-corrected chi connectivity index (χ3v) is 5.85. The third kappa shape index (κ3) is 2.58. The van der Waals surface area contributed by atoms with Crippen LogP contribution in [0.1, 0.15) is 44.8 Å². The van der Waals surface area contributed by atoms with E-state index in [1.807, 2.05) is 22.4 Å². The van der Waals surface area contributed by atoms with Gasteiger partial charge in [-0.25, -0.2) is 15.0 Å². The summed E-state index contributed by atoms with van der Waals surface area (Å²) in [6.45, 7) is 5.62. The van der Waals surface area contributed by atoms with Gasteiger partial charge in [0.25, 0.3) is 5.91 Å². The smallest absolute Gasteiger partial charge is 0.276 e. The van der Waals surface area contributed by atoms with Gasteiger partial charge in [0.05, 0.1) is 10.7 Å². The minimum absolute atomic E-state index is 0.0403. The molecule has 0 radical (unpaired) electrons. The highest BCUT2D eigenvalue weighted by molar-refractivity contribution is 7.11. The van der Waals surface area contributed by atoms with Crippen molar-refractivity contribution in [1.29, 1.82) is 0 Å². The van der Waals surface area contributed by atoms with E-state index in [1.54, 1.807) is 29.9 Å². The highest BCUT2D eigenvalue weighted by Crippen LogP contribution is 2.31. The van der Waals surface area contributed by atoms with Crippen molar-refractivity contribution in [1.82, 2.24) is 24.3 Å². The zero-order chi connectivity index (χ0) is 16.7. The lowest BCUT2D eigenvalue weighted by Gasteiger charge is -2.31. The average molecular weight is 341 g/mol. The van der Waals surface area contributed by atoms with Crippen LogP contribution in [0.3, 0.4) is 0 Å². The van der Waals surface area contributed by atoms with Crippen LogP contribution >= 0.6 is 11.3 Å². The van der Waals surface area contributed by atoms with Crippen LogP contribution in [0.4, 0.5) is 0 Å². The molecule has 7 heteroatoms. The van der Waals surface area contributed by atoms with Crippen molar-refractivity contribution >= 4 is 22.9 Å². The van der Waals surface area contributed by atoms with Gasteiger partial charge in [0.15, 0.2) is 11.3 Å². The number of carbonyl (C=O) groups is 1. The summed E-state index contributed by atoms with van der Waals surface area (Å²) in [6.07, 6.45) is 9.04. The zero-order valence-corrected chi connectivity index (χ0v) is 14.6. The average Bonchev–Trinajstić information content (AvgIpc) is 3.21. The molecule has 4 rings (SSSR count). The van der Waals surface area contributed by atoms with E-state index in [1.165, 1.54) is 4.88 Å². The number of fused-ring (bicyclic) bond motifs is 1. The summed E-state index contributed by atoms with van der Waals surface area (Å²) in [5.41, 5.74) is 2.14. The Morgan fingerprint density at radius 1 is 1.25 bits per heavy atom. The predicted octanol–water partition coefficient (Wildman–Crippen LogP) is 2.82. The minimum atomic E-state index is -0.0403. The summed E-state index contributed by atoms with van der Waals surface area (Å²) >= 11 is 1.75. The maximum atomic E-state index is 13.0. The van der Waals surface area contributed by atoms with Crippen molar-refractivity contribution in [3.8, 4) is 0 Å². The molecular formula is C17H19N5OS. The number of likely N-dealkylation sites (tertiary alicyclic amines) is 1. The number of piperidine rings is 1. The fourth-order valence-corrected chi connectivity index (χ4v) is 4.24. The van der Waals surface area contributed by atoms with Gasteiger partial charge in [-0.15, -0.1) is 11.3 Å². The largest absolute Gasteiger partial charge is 0.336 e. The molecule has 0 bridgehead atoms. The lowest BCUT2D eigenvalue weighted by molar-refractivity contribution is 0.0702. The second kappa shape index (κ2) is 5.98. The molecule has 124 valence electrons. The number of aromatic nitrogens is 4. The fraction of sp³-hybridized carbons (Fsp3) is 0.412. The molecular weight excluding hydrogens is 322 g/mol. The molecule has 0 aromatic carbocycles. The van der Waals surface area contributed by atoms with Crippen LogP contribution in [0.2, 0.25) is 0 Å². The molecule has 1 atom stereocenters. The predicted molar refractivity (Wildman–Crippen MR) is 92.5 cm³/mol. The second-order valence-electron chi connectivity index (χ2n) is 6.22. The van der Waals surface area contributed by atoms with Gasteiger partial charge >= 0.3 is 0 Å². The van der Waals surface area contributed by atoms with E-state index in [2.05, 4.69) is 16.9 Å². The standard InChI is InChI=1S/C17H19N5OS/c1-11-12(2)24-16(20-11)13-4-3-7-22(10-13)17(23)14-15-19-6-9-21(15)8-5-18-14/h5-6,8-9,13H,3-4,7,10H2,1-2H3. The SMILES string of the molecule is Cc1nc(C2CCCN(C(=O)c3nccn4ccnc34)C2)sc1C.